The van der Waals surface area contributed by atoms with E-state index in [1.807, 2.05) is 28.0 Å². The van der Waals surface area contributed by atoms with Gasteiger partial charge in [-0.2, -0.15) is 0 Å². The van der Waals surface area contributed by atoms with Crippen molar-refractivity contribution >= 4 is 11.8 Å². The van der Waals surface area contributed by atoms with E-state index in [2.05, 4.69) is 9.97 Å². The lowest BCUT2D eigenvalue weighted by Gasteiger charge is -2.47. The SMILES string of the molecule is O=C1COC2(CCN(C(=O)c3cccnc3)CC2)CN1Cc1ccccn1. The summed E-state index contributed by atoms with van der Waals surface area (Å²) in [5.41, 5.74) is 1.09. The molecule has 7 heteroatoms. The minimum Gasteiger partial charge on any atom is -0.363 e. The number of aromatic nitrogens is 2. The van der Waals surface area contributed by atoms with E-state index in [1.165, 1.54) is 0 Å². The molecule has 2 fully saturated rings. The predicted octanol–water partition coefficient (Wildman–Crippen LogP) is 1.51. The van der Waals surface area contributed by atoms with Crippen LogP contribution in [0.15, 0.2) is 48.9 Å². The molecule has 2 aromatic rings. The Balaban J connectivity index is 1.40. The van der Waals surface area contributed by atoms with Gasteiger partial charge in [0.15, 0.2) is 0 Å². The Morgan fingerprint density at radius 3 is 2.70 bits per heavy atom. The summed E-state index contributed by atoms with van der Waals surface area (Å²) in [4.78, 5) is 36.9. The summed E-state index contributed by atoms with van der Waals surface area (Å²) >= 11 is 0. The Morgan fingerprint density at radius 2 is 2.00 bits per heavy atom. The monoisotopic (exact) mass is 366 g/mol. The molecule has 0 aliphatic carbocycles. The van der Waals surface area contributed by atoms with E-state index < -0.39 is 0 Å². The van der Waals surface area contributed by atoms with Crippen LogP contribution in [0.5, 0.6) is 0 Å². The lowest BCUT2D eigenvalue weighted by molar-refractivity contribution is -0.171. The zero-order valence-electron chi connectivity index (χ0n) is 15.1. The number of carbonyl (C=O) groups is 2. The van der Waals surface area contributed by atoms with Gasteiger partial charge in [0.25, 0.3) is 5.91 Å². The number of piperidine rings is 1. The smallest absolute Gasteiger partial charge is 0.255 e. The van der Waals surface area contributed by atoms with Crippen molar-refractivity contribution in [2.24, 2.45) is 0 Å². The number of carbonyl (C=O) groups excluding carboxylic acids is 2. The number of likely N-dealkylation sites (tertiary alicyclic amines) is 1. The standard InChI is InChI=1S/C20H22N4O3/c25-18-14-27-20(15-24(18)13-17-5-1-2-9-22-17)6-10-23(11-7-20)19(26)16-4-3-8-21-12-16/h1-5,8-9,12H,6-7,10-11,13-15H2. The summed E-state index contributed by atoms with van der Waals surface area (Å²) in [6.45, 7) is 2.34. The van der Waals surface area contributed by atoms with Crippen LogP contribution in [-0.4, -0.2) is 63.4 Å². The number of ether oxygens (including phenoxy) is 1. The van der Waals surface area contributed by atoms with Gasteiger partial charge in [0.2, 0.25) is 5.91 Å². The molecule has 0 radical (unpaired) electrons. The number of rotatable bonds is 3. The molecule has 2 aliphatic rings. The first-order valence-electron chi connectivity index (χ1n) is 9.16. The Morgan fingerprint density at radius 1 is 1.15 bits per heavy atom. The van der Waals surface area contributed by atoms with Crippen LogP contribution in [0.2, 0.25) is 0 Å². The molecule has 0 atom stereocenters. The second-order valence-corrected chi connectivity index (χ2v) is 7.08. The molecule has 0 unspecified atom stereocenters. The fraction of sp³-hybridized carbons (Fsp3) is 0.400. The van der Waals surface area contributed by atoms with Crippen molar-refractivity contribution in [3.05, 3.63) is 60.2 Å². The maximum Gasteiger partial charge on any atom is 0.255 e. The molecule has 0 aromatic carbocycles. The number of nitrogens with zero attached hydrogens (tertiary/aromatic N) is 4. The van der Waals surface area contributed by atoms with Crippen LogP contribution in [0.1, 0.15) is 28.9 Å². The number of morpholine rings is 1. The van der Waals surface area contributed by atoms with Crippen molar-refractivity contribution < 1.29 is 14.3 Å². The molecule has 2 saturated heterocycles. The third kappa shape index (κ3) is 3.83. The number of amides is 2. The number of hydrogen-bond donors (Lipinski definition) is 0. The number of hydrogen-bond acceptors (Lipinski definition) is 5. The van der Waals surface area contributed by atoms with Gasteiger partial charge in [0.05, 0.1) is 29.9 Å². The van der Waals surface area contributed by atoms with Crippen molar-refractivity contribution in [1.29, 1.82) is 0 Å². The molecule has 4 rings (SSSR count). The molecular weight excluding hydrogens is 344 g/mol. The van der Waals surface area contributed by atoms with Crippen LogP contribution >= 0.6 is 0 Å². The summed E-state index contributed by atoms with van der Waals surface area (Å²) in [5.74, 6) is -0.0182. The first-order chi connectivity index (χ1) is 13.2. The third-order valence-electron chi connectivity index (χ3n) is 5.28. The fourth-order valence-corrected chi connectivity index (χ4v) is 3.71. The van der Waals surface area contributed by atoms with E-state index in [1.54, 1.807) is 30.7 Å². The van der Waals surface area contributed by atoms with Gasteiger partial charge in [0, 0.05) is 31.7 Å². The molecule has 1 spiro atoms. The first-order valence-corrected chi connectivity index (χ1v) is 9.16. The highest BCUT2D eigenvalue weighted by atomic mass is 16.5. The molecule has 7 nitrogen and oxygen atoms in total. The second kappa shape index (κ2) is 7.44. The Kier molecular flexibility index (Phi) is 4.85. The van der Waals surface area contributed by atoms with Gasteiger partial charge < -0.3 is 14.5 Å². The molecule has 140 valence electrons. The highest BCUT2D eigenvalue weighted by Crippen LogP contribution is 2.31. The maximum absolute atomic E-state index is 12.6. The number of pyridine rings is 2. The zero-order chi connectivity index (χ0) is 18.7. The van der Waals surface area contributed by atoms with Gasteiger partial charge in [-0.25, -0.2) is 0 Å². The molecule has 27 heavy (non-hydrogen) atoms. The molecule has 0 N–H and O–H groups in total. The average molecular weight is 366 g/mol. The van der Waals surface area contributed by atoms with E-state index in [0.717, 1.165) is 5.69 Å². The Hall–Kier alpha value is -2.80. The minimum absolute atomic E-state index is 0.00447. The van der Waals surface area contributed by atoms with Gasteiger partial charge >= 0.3 is 0 Å². The summed E-state index contributed by atoms with van der Waals surface area (Å²) in [5, 5.41) is 0. The molecule has 2 aromatic heterocycles. The first kappa shape index (κ1) is 17.6. The quantitative estimate of drug-likeness (QED) is 0.823. The largest absolute Gasteiger partial charge is 0.363 e. The normalized spacial score (nSPS) is 19.3. The summed E-state index contributed by atoms with van der Waals surface area (Å²) in [6.07, 6.45) is 6.41. The van der Waals surface area contributed by atoms with Gasteiger partial charge in [-0.1, -0.05) is 6.07 Å². The Bertz CT molecular complexity index is 804. The van der Waals surface area contributed by atoms with Crippen LogP contribution in [-0.2, 0) is 16.1 Å². The Labute approximate surface area is 158 Å². The minimum atomic E-state index is -0.381. The van der Waals surface area contributed by atoms with Crippen LogP contribution in [0.25, 0.3) is 0 Å². The van der Waals surface area contributed by atoms with Crippen LogP contribution in [0.3, 0.4) is 0 Å². The maximum atomic E-state index is 12.6. The summed E-state index contributed by atoms with van der Waals surface area (Å²) < 4.78 is 5.96. The van der Waals surface area contributed by atoms with E-state index in [4.69, 9.17) is 4.74 Å². The van der Waals surface area contributed by atoms with Crippen molar-refractivity contribution in [2.75, 3.05) is 26.2 Å². The van der Waals surface area contributed by atoms with Gasteiger partial charge in [-0.05, 0) is 37.1 Å². The molecule has 2 amide bonds. The lowest BCUT2D eigenvalue weighted by Crippen LogP contribution is -2.59. The van der Waals surface area contributed by atoms with Crippen molar-refractivity contribution in [1.82, 2.24) is 19.8 Å². The third-order valence-corrected chi connectivity index (χ3v) is 5.28. The fourth-order valence-electron chi connectivity index (χ4n) is 3.71. The van der Waals surface area contributed by atoms with Crippen molar-refractivity contribution in [3.8, 4) is 0 Å². The second-order valence-electron chi connectivity index (χ2n) is 7.08. The summed E-state index contributed by atoms with van der Waals surface area (Å²) in [6, 6.07) is 9.26. The van der Waals surface area contributed by atoms with Crippen molar-refractivity contribution in [2.45, 2.75) is 25.0 Å². The summed E-state index contributed by atoms with van der Waals surface area (Å²) in [7, 11) is 0. The molecule has 0 bridgehead atoms. The van der Waals surface area contributed by atoms with Gasteiger partial charge in [-0.3, -0.25) is 19.6 Å². The van der Waals surface area contributed by atoms with Gasteiger partial charge in [0.1, 0.15) is 6.61 Å². The molecule has 4 heterocycles. The highest BCUT2D eigenvalue weighted by Gasteiger charge is 2.43. The molecular formula is C20H22N4O3. The lowest BCUT2D eigenvalue weighted by atomic mass is 9.89. The van der Waals surface area contributed by atoms with Crippen molar-refractivity contribution in [3.63, 3.8) is 0 Å². The van der Waals surface area contributed by atoms with Crippen LogP contribution < -0.4 is 0 Å². The van der Waals surface area contributed by atoms with Gasteiger partial charge in [-0.15, -0.1) is 0 Å². The highest BCUT2D eigenvalue weighted by molar-refractivity contribution is 5.93. The zero-order valence-corrected chi connectivity index (χ0v) is 15.1. The van der Waals surface area contributed by atoms with E-state index in [0.29, 0.717) is 44.6 Å². The molecule has 0 saturated carbocycles. The van der Waals surface area contributed by atoms with E-state index >= 15 is 0 Å². The van der Waals surface area contributed by atoms with E-state index in [9.17, 15) is 9.59 Å². The predicted molar refractivity (Wildman–Crippen MR) is 97.7 cm³/mol. The van der Waals surface area contributed by atoms with Crippen LogP contribution in [0.4, 0.5) is 0 Å². The van der Waals surface area contributed by atoms with Crippen LogP contribution in [0, 0.1) is 0 Å². The topological polar surface area (TPSA) is 75.6 Å². The van der Waals surface area contributed by atoms with E-state index in [-0.39, 0.29) is 24.0 Å². The average Bonchev–Trinajstić information content (AvgIpc) is 2.72. The molecule has 2 aliphatic heterocycles.